The molecule has 0 unspecified atom stereocenters. The second-order valence-corrected chi connectivity index (χ2v) is 6.79. The van der Waals surface area contributed by atoms with Gasteiger partial charge < -0.3 is 0 Å². The Bertz CT molecular complexity index is 1000. The molecule has 0 fully saturated rings. The van der Waals surface area contributed by atoms with Gasteiger partial charge in [-0.15, -0.1) is 0 Å². The lowest BCUT2D eigenvalue weighted by Crippen LogP contribution is -2.44. The van der Waals surface area contributed by atoms with Crippen molar-refractivity contribution in [1.29, 1.82) is 0 Å². The monoisotopic (exact) mass is 315 g/mol. The van der Waals surface area contributed by atoms with Crippen LogP contribution in [0, 0.1) is 0 Å². The fraction of sp³-hybridized carbons (Fsp3) is 0.190. The summed E-state index contributed by atoms with van der Waals surface area (Å²) in [5.41, 5.74) is 4.97. The first-order valence-corrected chi connectivity index (χ1v) is 8.14. The van der Waals surface area contributed by atoms with Gasteiger partial charge in [0.15, 0.2) is 5.78 Å². The molecular weight excluding hydrogens is 296 g/mol. The number of fused-ring (bicyclic) bond motifs is 2. The Morgan fingerprint density at radius 2 is 1.62 bits per heavy atom. The average molecular weight is 315 g/mol. The lowest BCUT2D eigenvalue weighted by atomic mass is 9.76. The second-order valence-electron chi connectivity index (χ2n) is 6.79. The van der Waals surface area contributed by atoms with Crippen LogP contribution in [0.25, 0.3) is 22.8 Å². The third-order valence-corrected chi connectivity index (χ3v) is 4.72. The highest BCUT2D eigenvalue weighted by atomic mass is 16.1. The Kier molecular flexibility index (Phi) is 3.14. The molecule has 0 bridgehead atoms. The number of hydrogen-bond acceptors (Lipinski definition) is 2. The minimum absolute atomic E-state index is 0.136. The SMILES string of the molecule is CC1=Cc2c(nc3ccccc3[n+]2-c2ccccc2)C(C)(C)C1=O. The molecule has 0 saturated carbocycles. The smallest absolute Gasteiger partial charge is 0.237 e. The maximum absolute atomic E-state index is 12.7. The molecule has 3 heteroatoms. The molecule has 0 saturated heterocycles. The van der Waals surface area contributed by atoms with E-state index >= 15 is 0 Å². The summed E-state index contributed by atoms with van der Waals surface area (Å²) < 4.78 is 2.20. The predicted octanol–water partition coefficient (Wildman–Crippen LogP) is 3.78. The number of hydrogen-bond donors (Lipinski definition) is 0. The van der Waals surface area contributed by atoms with Crippen LogP contribution in [-0.4, -0.2) is 10.8 Å². The zero-order chi connectivity index (χ0) is 16.9. The van der Waals surface area contributed by atoms with Gasteiger partial charge in [-0.25, -0.2) is 4.98 Å². The van der Waals surface area contributed by atoms with Crippen LogP contribution >= 0.6 is 0 Å². The van der Waals surface area contributed by atoms with Gasteiger partial charge in [-0.2, -0.15) is 4.57 Å². The van der Waals surface area contributed by atoms with Gasteiger partial charge in [0.1, 0.15) is 11.2 Å². The first-order chi connectivity index (χ1) is 11.5. The van der Waals surface area contributed by atoms with E-state index < -0.39 is 5.41 Å². The summed E-state index contributed by atoms with van der Waals surface area (Å²) in [6, 6.07) is 18.3. The molecule has 0 amide bonds. The van der Waals surface area contributed by atoms with Crippen molar-refractivity contribution < 1.29 is 9.36 Å². The van der Waals surface area contributed by atoms with E-state index in [2.05, 4.69) is 22.8 Å². The van der Waals surface area contributed by atoms with Crippen molar-refractivity contribution in [2.24, 2.45) is 0 Å². The van der Waals surface area contributed by atoms with Crippen LogP contribution in [0.5, 0.6) is 0 Å². The maximum atomic E-state index is 12.7. The summed E-state index contributed by atoms with van der Waals surface area (Å²) >= 11 is 0. The summed E-state index contributed by atoms with van der Waals surface area (Å²) in [6.07, 6.45) is 1.97. The lowest BCUT2D eigenvalue weighted by Gasteiger charge is -2.27. The third-order valence-electron chi connectivity index (χ3n) is 4.72. The number of Topliss-reactive ketones (excluding diaryl/α,β-unsaturated/α-hetero) is 1. The fourth-order valence-electron chi connectivity index (χ4n) is 3.48. The molecule has 0 N–H and O–H groups in total. The lowest BCUT2D eigenvalue weighted by molar-refractivity contribution is -0.570. The van der Waals surface area contributed by atoms with E-state index in [9.17, 15) is 4.79 Å². The molecule has 1 heterocycles. The number of nitrogens with zero attached hydrogens (tertiary/aromatic N) is 2. The molecule has 118 valence electrons. The van der Waals surface area contributed by atoms with Crippen molar-refractivity contribution in [3.05, 3.63) is 71.6 Å². The summed E-state index contributed by atoms with van der Waals surface area (Å²) in [7, 11) is 0. The molecule has 4 rings (SSSR count). The molecule has 1 aliphatic carbocycles. The Morgan fingerprint density at radius 3 is 2.38 bits per heavy atom. The van der Waals surface area contributed by atoms with Gasteiger partial charge in [-0.3, -0.25) is 4.79 Å². The van der Waals surface area contributed by atoms with E-state index in [4.69, 9.17) is 4.98 Å². The number of benzene rings is 2. The van der Waals surface area contributed by atoms with Crippen LogP contribution in [0.2, 0.25) is 0 Å². The number of allylic oxidation sites excluding steroid dienone is 1. The fourth-order valence-corrected chi connectivity index (χ4v) is 3.48. The molecule has 1 aromatic heterocycles. The second kappa shape index (κ2) is 5.10. The Labute approximate surface area is 141 Å². The number of aromatic nitrogens is 2. The van der Waals surface area contributed by atoms with Gasteiger partial charge in [0, 0.05) is 24.3 Å². The van der Waals surface area contributed by atoms with Crippen LogP contribution in [0.1, 0.15) is 32.2 Å². The third kappa shape index (κ3) is 2.01. The van der Waals surface area contributed by atoms with E-state index in [1.54, 1.807) is 0 Å². The highest BCUT2D eigenvalue weighted by Gasteiger charge is 2.42. The van der Waals surface area contributed by atoms with Crippen molar-refractivity contribution in [3.8, 4) is 5.69 Å². The molecule has 3 aromatic rings. The molecule has 1 aliphatic rings. The Morgan fingerprint density at radius 1 is 0.958 bits per heavy atom. The summed E-state index contributed by atoms with van der Waals surface area (Å²) in [5, 5.41) is 0. The molecule has 2 aromatic carbocycles. The molecular formula is C21H19N2O+. The van der Waals surface area contributed by atoms with Gasteiger partial charge in [0.25, 0.3) is 0 Å². The molecule has 24 heavy (non-hydrogen) atoms. The minimum Gasteiger partial charge on any atom is -0.294 e. The van der Waals surface area contributed by atoms with E-state index in [-0.39, 0.29) is 5.78 Å². The van der Waals surface area contributed by atoms with Crippen molar-refractivity contribution in [3.63, 3.8) is 0 Å². The normalized spacial score (nSPS) is 16.0. The first-order valence-electron chi connectivity index (χ1n) is 8.14. The van der Waals surface area contributed by atoms with Gasteiger partial charge >= 0.3 is 0 Å². The van der Waals surface area contributed by atoms with Crippen LogP contribution < -0.4 is 4.57 Å². The molecule has 0 radical (unpaired) electrons. The molecule has 0 spiro atoms. The highest BCUT2D eigenvalue weighted by molar-refractivity contribution is 6.08. The van der Waals surface area contributed by atoms with Crippen LogP contribution in [0.15, 0.2) is 60.2 Å². The van der Waals surface area contributed by atoms with Gasteiger partial charge in [-0.05, 0) is 32.4 Å². The number of carbonyl (C=O) groups excluding carboxylic acids is 1. The summed E-state index contributed by atoms with van der Waals surface area (Å²) in [5.74, 6) is 0.136. The van der Waals surface area contributed by atoms with Crippen molar-refractivity contribution >= 4 is 22.9 Å². The predicted molar refractivity (Wildman–Crippen MR) is 95.0 cm³/mol. The van der Waals surface area contributed by atoms with E-state index in [0.717, 1.165) is 33.7 Å². The highest BCUT2D eigenvalue weighted by Crippen LogP contribution is 2.34. The number of para-hydroxylation sites is 3. The topological polar surface area (TPSA) is 33.8 Å². The number of carbonyl (C=O) groups is 1. The van der Waals surface area contributed by atoms with Gasteiger partial charge in [0.05, 0.1) is 5.41 Å². The van der Waals surface area contributed by atoms with Crippen molar-refractivity contribution in [2.75, 3.05) is 0 Å². The standard InChI is InChI=1S/C21H19N2O/c1-14-13-18-19(21(2,3)20(14)24)22-16-11-7-8-12-17(16)23(18)15-9-5-4-6-10-15/h4-13H,1-3H3/q+1. The van der Waals surface area contributed by atoms with Crippen LogP contribution in [-0.2, 0) is 10.2 Å². The summed E-state index contributed by atoms with van der Waals surface area (Å²) in [4.78, 5) is 17.5. The largest absolute Gasteiger partial charge is 0.294 e. The zero-order valence-corrected chi connectivity index (χ0v) is 14.1. The number of ketones is 1. The number of rotatable bonds is 1. The summed E-state index contributed by atoms with van der Waals surface area (Å²) in [6.45, 7) is 5.81. The molecule has 3 nitrogen and oxygen atoms in total. The van der Waals surface area contributed by atoms with Gasteiger partial charge in [-0.1, -0.05) is 30.3 Å². The van der Waals surface area contributed by atoms with Crippen molar-refractivity contribution in [2.45, 2.75) is 26.2 Å². The zero-order valence-electron chi connectivity index (χ0n) is 14.1. The first kappa shape index (κ1) is 14.8. The Hall–Kier alpha value is -2.81. The molecule has 0 atom stereocenters. The van der Waals surface area contributed by atoms with Gasteiger partial charge in [0.2, 0.25) is 16.9 Å². The average Bonchev–Trinajstić information content (AvgIpc) is 2.59. The molecule has 0 aliphatic heterocycles. The Balaban J connectivity index is 2.20. The van der Waals surface area contributed by atoms with E-state index in [1.165, 1.54) is 0 Å². The van der Waals surface area contributed by atoms with Crippen molar-refractivity contribution in [1.82, 2.24) is 4.98 Å². The quantitative estimate of drug-likeness (QED) is 0.641. The maximum Gasteiger partial charge on any atom is 0.237 e. The van der Waals surface area contributed by atoms with Crippen LogP contribution in [0.4, 0.5) is 0 Å². The van der Waals surface area contributed by atoms with Crippen LogP contribution in [0.3, 0.4) is 0 Å². The van der Waals surface area contributed by atoms with E-state index in [1.807, 2.05) is 63.2 Å². The van der Waals surface area contributed by atoms with E-state index in [0.29, 0.717) is 0 Å². The minimum atomic E-state index is -0.630.